The molecule has 438 valence electrons. The van der Waals surface area contributed by atoms with Crippen LogP contribution >= 0.6 is 0 Å². The lowest BCUT2D eigenvalue weighted by molar-refractivity contribution is 0.668. The molecule has 0 aliphatic carbocycles. The van der Waals surface area contributed by atoms with Crippen molar-refractivity contribution in [2.45, 2.75) is 0 Å². The Balaban J connectivity index is 0.875. The molecule has 0 saturated heterocycles. The van der Waals surface area contributed by atoms with Gasteiger partial charge in [0.15, 0.2) is 11.2 Å². The van der Waals surface area contributed by atoms with E-state index in [-0.39, 0.29) is 0 Å². The van der Waals surface area contributed by atoms with Gasteiger partial charge in [0.25, 0.3) is 0 Å². The van der Waals surface area contributed by atoms with Gasteiger partial charge in [0.1, 0.15) is 11.2 Å². The summed E-state index contributed by atoms with van der Waals surface area (Å²) >= 11 is 0. The maximum absolute atomic E-state index is 6.99. The third-order valence-corrected chi connectivity index (χ3v) is 19.8. The first-order valence-corrected chi connectivity index (χ1v) is 32.1. The van der Waals surface area contributed by atoms with Crippen molar-refractivity contribution in [2.75, 3.05) is 19.6 Å². The monoisotopic (exact) mass is 1200 g/mol. The molecular weight excluding hydrogens is 1150 g/mol. The molecule has 0 amide bonds. The summed E-state index contributed by atoms with van der Waals surface area (Å²) in [5, 5.41) is 13.4. The largest absolute Gasteiger partial charge is 0.454 e. The van der Waals surface area contributed by atoms with Crippen LogP contribution in [-0.4, -0.2) is 9.13 Å². The van der Waals surface area contributed by atoms with Gasteiger partial charge in [-0.3, -0.25) is 0 Å². The number of hydrogen-bond donors (Lipinski definition) is 0. The number of aromatic nitrogens is 2. The van der Waals surface area contributed by atoms with Crippen molar-refractivity contribution >= 4 is 177 Å². The van der Waals surface area contributed by atoms with Gasteiger partial charge < -0.3 is 37.6 Å². The van der Waals surface area contributed by atoms with Crippen LogP contribution in [0.1, 0.15) is 0 Å². The summed E-state index contributed by atoms with van der Waals surface area (Å²) in [5.41, 5.74) is 22.4. The lowest BCUT2D eigenvalue weighted by Gasteiger charge is -2.43. The lowest BCUT2D eigenvalue weighted by Crippen LogP contribution is -2.26. The minimum Gasteiger partial charge on any atom is -0.454 e. The smallest absolute Gasteiger partial charge is 0.159 e. The van der Waals surface area contributed by atoms with E-state index in [1.807, 2.05) is 0 Å². The molecule has 0 spiro atoms. The van der Waals surface area contributed by atoms with Crippen molar-refractivity contribution in [1.29, 1.82) is 0 Å². The Labute approximate surface area is 538 Å². The number of furan rings is 2. The lowest BCUT2D eigenvalue weighted by atomic mass is 9.93. The molecular formula is C86H52N6O2. The quantitative estimate of drug-likeness (QED) is 0.155. The molecule has 0 fully saturated rings. The summed E-state index contributed by atoms with van der Waals surface area (Å²) in [4.78, 5) is 10.0. The maximum atomic E-state index is 6.99. The van der Waals surface area contributed by atoms with Gasteiger partial charge in [-0.15, -0.1) is 0 Å². The number of para-hydroxylation sites is 12. The van der Waals surface area contributed by atoms with Crippen LogP contribution in [0.4, 0.5) is 68.2 Å². The molecule has 0 radical (unpaired) electrons. The number of anilines is 12. The highest BCUT2D eigenvalue weighted by Crippen LogP contribution is 2.63. The second-order valence-corrected chi connectivity index (χ2v) is 24.7. The van der Waals surface area contributed by atoms with Crippen LogP contribution in [0.3, 0.4) is 0 Å². The number of benzene rings is 15. The van der Waals surface area contributed by atoms with Gasteiger partial charge in [-0.1, -0.05) is 206 Å². The van der Waals surface area contributed by atoms with Crippen molar-refractivity contribution in [2.24, 2.45) is 0 Å². The zero-order valence-corrected chi connectivity index (χ0v) is 50.5. The Hall–Kier alpha value is -12.8. The van der Waals surface area contributed by atoms with E-state index >= 15 is 0 Å². The van der Waals surface area contributed by atoms with E-state index in [1.54, 1.807) is 0 Å². The zero-order chi connectivity index (χ0) is 61.3. The molecule has 15 aromatic carbocycles. The zero-order valence-electron chi connectivity index (χ0n) is 50.5. The average molecular weight is 1200 g/mol. The van der Waals surface area contributed by atoms with Crippen LogP contribution in [0.15, 0.2) is 324 Å². The van der Waals surface area contributed by atoms with Crippen molar-refractivity contribution in [1.82, 2.24) is 9.13 Å². The molecule has 8 heteroatoms. The third kappa shape index (κ3) is 7.00. The molecule has 94 heavy (non-hydrogen) atoms. The highest BCUT2D eigenvalue weighted by Gasteiger charge is 2.39. The number of hydrogen-bond acceptors (Lipinski definition) is 6. The van der Waals surface area contributed by atoms with Crippen LogP contribution in [0.25, 0.3) is 120 Å². The Morgan fingerprint density at radius 2 is 0.479 bits per heavy atom. The van der Waals surface area contributed by atoms with Crippen LogP contribution in [0.5, 0.6) is 0 Å². The highest BCUT2D eigenvalue weighted by atomic mass is 16.3. The molecule has 4 aromatic heterocycles. The summed E-state index contributed by atoms with van der Waals surface area (Å²) in [5.74, 6) is 0. The van der Waals surface area contributed by atoms with E-state index in [9.17, 15) is 0 Å². The first-order chi connectivity index (χ1) is 46.7. The van der Waals surface area contributed by atoms with Crippen LogP contribution in [0, 0.1) is 0 Å². The predicted molar refractivity (Wildman–Crippen MR) is 391 cm³/mol. The fourth-order valence-corrected chi connectivity index (χ4v) is 16.0. The Morgan fingerprint density at radius 1 is 0.181 bits per heavy atom. The molecule has 19 aromatic rings. The molecule has 2 aliphatic rings. The fraction of sp³-hybridized carbons (Fsp3) is 0. The fourth-order valence-electron chi connectivity index (χ4n) is 16.0. The van der Waals surface area contributed by atoms with E-state index in [2.05, 4.69) is 344 Å². The van der Waals surface area contributed by atoms with Gasteiger partial charge in [0, 0.05) is 76.0 Å². The SMILES string of the molecule is c1ccc(-n2c3ccccc3c3cc4c(cc32)N(c2c3ccccc3c(N3c5ccccc5N(c5cccc6c5oc5ccccc56)c5cc6c7ccccc7n(-c7ccccc7)c6cc53)c3ccccc23)c2ccccc2N4c2cccc3c2oc2ccccc23)cc1. The summed E-state index contributed by atoms with van der Waals surface area (Å²) in [6.45, 7) is 0. The van der Waals surface area contributed by atoms with Crippen LogP contribution in [0.2, 0.25) is 0 Å². The molecule has 0 saturated carbocycles. The van der Waals surface area contributed by atoms with Crippen molar-refractivity contribution in [3.63, 3.8) is 0 Å². The number of fused-ring (bicyclic) bond motifs is 18. The first-order valence-electron chi connectivity index (χ1n) is 32.1. The molecule has 21 rings (SSSR count). The molecule has 6 heterocycles. The molecule has 2 aliphatic heterocycles. The highest BCUT2D eigenvalue weighted by molar-refractivity contribution is 6.28. The second-order valence-electron chi connectivity index (χ2n) is 24.7. The Bertz CT molecular complexity index is 5970. The maximum Gasteiger partial charge on any atom is 0.159 e. The Morgan fingerprint density at radius 3 is 0.883 bits per heavy atom. The van der Waals surface area contributed by atoms with Gasteiger partial charge in [-0.25, -0.2) is 0 Å². The second kappa shape index (κ2) is 19.4. The minimum atomic E-state index is 0.835. The van der Waals surface area contributed by atoms with Gasteiger partial charge >= 0.3 is 0 Å². The van der Waals surface area contributed by atoms with E-state index in [0.29, 0.717) is 0 Å². The van der Waals surface area contributed by atoms with Crippen molar-refractivity contribution in [3.05, 3.63) is 315 Å². The third-order valence-electron chi connectivity index (χ3n) is 19.8. The van der Waals surface area contributed by atoms with Gasteiger partial charge in [-0.2, -0.15) is 0 Å². The van der Waals surface area contributed by atoms with Crippen molar-refractivity contribution < 1.29 is 8.83 Å². The average Bonchev–Trinajstić information content (AvgIpc) is 1.14. The number of nitrogens with zero attached hydrogens (tertiary/aromatic N) is 6. The molecule has 0 unspecified atom stereocenters. The van der Waals surface area contributed by atoms with E-state index < -0.39 is 0 Å². The summed E-state index contributed by atoms with van der Waals surface area (Å²) < 4.78 is 18.9. The van der Waals surface area contributed by atoms with E-state index in [0.717, 1.165) is 178 Å². The van der Waals surface area contributed by atoms with Gasteiger partial charge in [-0.05, 0) is 109 Å². The van der Waals surface area contributed by atoms with Gasteiger partial charge in [0.05, 0.1) is 90.3 Å². The Kier molecular flexibility index (Phi) is 10.5. The topological polar surface area (TPSA) is 49.1 Å². The van der Waals surface area contributed by atoms with Crippen LogP contribution in [-0.2, 0) is 0 Å². The normalized spacial score (nSPS) is 13.0. The van der Waals surface area contributed by atoms with E-state index in [1.165, 1.54) is 10.8 Å². The first kappa shape index (κ1) is 51.0. The standard InChI is InChI=1S/C86H52N6O2/c1-3-25-53(26-4-1)87-67-39-15-11-29-55(67)65-49-77-79(51-75(65)87)91(71-43-19-17-41-69(71)89(77)73-45-23-37-63-57-31-13-21-47-81(57)93-85(63)73)83-59-33-7-9-35-61(59)84(62-36-10-8-34-60(62)83)92-72-44-20-18-42-70(72)90(74-46-24-38-64-58-32-14-22-48-82(58)94-86(64)74)78-50-66-56-30-12-16-40-68(56)88(76(66)52-80(78)92)54-27-5-2-6-28-54/h1-52H. The minimum absolute atomic E-state index is 0.835. The van der Waals surface area contributed by atoms with Crippen LogP contribution < -0.4 is 19.6 Å². The van der Waals surface area contributed by atoms with Crippen molar-refractivity contribution in [3.8, 4) is 11.4 Å². The number of rotatable bonds is 6. The summed E-state index contributed by atoms with van der Waals surface area (Å²) in [7, 11) is 0. The predicted octanol–water partition coefficient (Wildman–Crippen LogP) is 24.5. The summed E-state index contributed by atoms with van der Waals surface area (Å²) in [6, 6.07) is 115. The summed E-state index contributed by atoms with van der Waals surface area (Å²) in [6.07, 6.45) is 0. The van der Waals surface area contributed by atoms with E-state index in [4.69, 9.17) is 8.83 Å². The molecule has 8 nitrogen and oxygen atoms in total. The molecule has 0 bridgehead atoms. The molecule has 0 N–H and O–H groups in total. The molecule has 0 atom stereocenters. The van der Waals surface area contributed by atoms with Gasteiger partial charge in [0.2, 0.25) is 0 Å².